The van der Waals surface area contributed by atoms with Crippen LogP contribution in [-0.4, -0.2) is 34.8 Å². The van der Waals surface area contributed by atoms with Crippen LogP contribution in [-0.2, 0) is 14.0 Å². The van der Waals surface area contributed by atoms with E-state index in [1.165, 1.54) is 0 Å². The number of nitrogens with zero attached hydrogens (tertiary/aromatic N) is 2. The maximum absolute atomic E-state index is 12.3. The van der Waals surface area contributed by atoms with Gasteiger partial charge in [0.15, 0.2) is 0 Å². The molecule has 0 saturated carbocycles. The molecule has 0 radical (unpaired) electrons. The second-order valence-electron chi connectivity index (χ2n) is 7.89. The van der Waals surface area contributed by atoms with Gasteiger partial charge in [-0.3, -0.25) is 0 Å². The van der Waals surface area contributed by atoms with E-state index in [1.54, 1.807) is 28.9 Å². The topological polar surface area (TPSA) is 70.4 Å². The Labute approximate surface area is 152 Å². The molecule has 9 heteroatoms. The summed E-state index contributed by atoms with van der Waals surface area (Å²) >= 11 is 0. The van der Waals surface area contributed by atoms with Gasteiger partial charge in [-0.15, -0.1) is 0 Å². The van der Waals surface area contributed by atoms with Gasteiger partial charge in [0.25, 0.3) is 10.1 Å². The first-order valence-electron chi connectivity index (χ1n) is 8.09. The van der Waals surface area contributed by atoms with Crippen molar-refractivity contribution in [1.29, 1.82) is 0 Å². The molecular formula is C16H26N2O4SSi2. The molecule has 0 aliphatic rings. The molecule has 0 N–H and O–H groups in total. The van der Waals surface area contributed by atoms with Crippen molar-refractivity contribution in [3.8, 4) is 11.6 Å². The third-order valence-electron chi connectivity index (χ3n) is 2.94. The summed E-state index contributed by atoms with van der Waals surface area (Å²) in [7, 11) is -7.74. The van der Waals surface area contributed by atoms with Crippen LogP contribution < -0.4 is 4.43 Å². The van der Waals surface area contributed by atoms with Crippen LogP contribution in [0.2, 0.25) is 39.3 Å². The summed E-state index contributed by atoms with van der Waals surface area (Å²) in [6.07, 6.45) is 0. The second-order valence-corrected chi connectivity index (χ2v) is 18.6. The Morgan fingerprint density at radius 3 is 2.00 bits per heavy atom. The summed E-state index contributed by atoms with van der Waals surface area (Å²) in [5.74, 6) is 0.672. The maximum atomic E-state index is 12.3. The zero-order valence-corrected chi connectivity index (χ0v) is 18.6. The smallest absolute Gasteiger partial charge is 0.287 e. The lowest BCUT2D eigenvalue weighted by molar-refractivity contribution is 0.485. The van der Waals surface area contributed by atoms with E-state index in [4.69, 9.17) is 8.30 Å². The summed E-state index contributed by atoms with van der Waals surface area (Å²) < 4.78 is 37.7. The van der Waals surface area contributed by atoms with Crippen LogP contribution >= 0.6 is 0 Å². The number of aromatic nitrogens is 2. The van der Waals surface area contributed by atoms with E-state index in [-0.39, 0.29) is 4.90 Å². The van der Waals surface area contributed by atoms with Gasteiger partial charge in [0, 0.05) is 6.07 Å². The molecular weight excluding hydrogens is 372 g/mol. The molecule has 138 valence electrons. The summed E-state index contributed by atoms with van der Waals surface area (Å²) in [5, 5.41) is 4.46. The number of benzene rings is 1. The normalized spacial score (nSPS) is 13.1. The Kier molecular flexibility index (Phi) is 5.34. The molecule has 25 heavy (non-hydrogen) atoms. The number of hydrogen-bond donors (Lipinski definition) is 0. The van der Waals surface area contributed by atoms with E-state index >= 15 is 0 Å². The van der Waals surface area contributed by atoms with E-state index in [0.29, 0.717) is 5.88 Å². The standard InChI is InChI=1S/C16H26N2O4SSi2/c1-13-12-16(21-24(2,3)4)18(17-13)14-8-10-15(11-9-14)23(19,20)22-25(5,6)7/h8-12H,1-7H3. The highest BCUT2D eigenvalue weighted by molar-refractivity contribution is 7.87. The highest BCUT2D eigenvalue weighted by Crippen LogP contribution is 2.24. The molecule has 0 aliphatic carbocycles. The number of aryl methyl sites for hydroxylation is 1. The Balaban J connectivity index is 2.36. The van der Waals surface area contributed by atoms with E-state index in [2.05, 4.69) is 24.7 Å². The molecule has 6 nitrogen and oxygen atoms in total. The van der Waals surface area contributed by atoms with Crippen molar-refractivity contribution in [3.05, 3.63) is 36.0 Å². The Hall–Kier alpha value is -1.43. The lowest BCUT2D eigenvalue weighted by atomic mass is 10.3. The zero-order valence-electron chi connectivity index (χ0n) is 15.8. The molecule has 1 heterocycles. The minimum Gasteiger partial charge on any atom is -0.531 e. The van der Waals surface area contributed by atoms with Gasteiger partial charge >= 0.3 is 0 Å². The molecule has 2 rings (SSSR count). The lowest BCUT2D eigenvalue weighted by Crippen LogP contribution is -2.30. The van der Waals surface area contributed by atoms with Gasteiger partial charge < -0.3 is 8.30 Å². The molecule has 1 aromatic heterocycles. The van der Waals surface area contributed by atoms with E-state index in [0.717, 1.165) is 11.4 Å². The fraction of sp³-hybridized carbons (Fsp3) is 0.438. The third-order valence-corrected chi connectivity index (χ3v) is 7.49. The van der Waals surface area contributed by atoms with Crippen LogP contribution in [0.5, 0.6) is 5.88 Å². The molecule has 0 bridgehead atoms. The molecule has 0 spiro atoms. The van der Waals surface area contributed by atoms with Crippen molar-refractivity contribution >= 4 is 26.8 Å². The van der Waals surface area contributed by atoms with E-state index in [1.807, 2.05) is 32.6 Å². The first-order chi connectivity index (χ1) is 11.3. The zero-order chi connectivity index (χ0) is 19.0. The maximum Gasteiger partial charge on any atom is 0.287 e. The molecule has 0 fully saturated rings. The van der Waals surface area contributed by atoms with Gasteiger partial charge in [-0.05, 0) is 70.5 Å². The van der Waals surface area contributed by atoms with Crippen molar-refractivity contribution < 1.29 is 16.7 Å². The van der Waals surface area contributed by atoms with Crippen molar-refractivity contribution in [2.45, 2.75) is 51.1 Å². The average Bonchev–Trinajstić information content (AvgIpc) is 2.74. The molecule has 1 aromatic carbocycles. The summed E-state index contributed by atoms with van der Waals surface area (Å²) in [6, 6.07) is 8.39. The third kappa shape index (κ3) is 5.53. The fourth-order valence-corrected chi connectivity index (χ4v) is 6.44. The average molecular weight is 399 g/mol. The monoisotopic (exact) mass is 398 g/mol. The summed E-state index contributed by atoms with van der Waals surface area (Å²) in [5.41, 5.74) is 1.58. The van der Waals surface area contributed by atoms with Gasteiger partial charge in [-0.25, -0.2) is 4.68 Å². The predicted molar refractivity (Wildman–Crippen MR) is 104 cm³/mol. The summed E-state index contributed by atoms with van der Waals surface area (Å²) in [4.78, 5) is 0.148. The Bertz CT molecular complexity index is 848. The van der Waals surface area contributed by atoms with Crippen LogP contribution in [0.1, 0.15) is 5.69 Å². The quantitative estimate of drug-likeness (QED) is 0.689. The Morgan fingerprint density at radius 2 is 1.52 bits per heavy atom. The van der Waals surface area contributed by atoms with Gasteiger partial charge in [0.05, 0.1) is 16.3 Å². The highest BCUT2D eigenvalue weighted by atomic mass is 32.2. The van der Waals surface area contributed by atoms with Gasteiger partial charge in [-0.2, -0.15) is 13.5 Å². The fourth-order valence-electron chi connectivity index (χ4n) is 2.18. The van der Waals surface area contributed by atoms with Crippen molar-refractivity contribution in [2.24, 2.45) is 0 Å². The first kappa shape index (κ1) is 19.9. The van der Waals surface area contributed by atoms with Gasteiger partial charge in [0.2, 0.25) is 22.5 Å². The van der Waals surface area contributed by atoms with Crippen molar-refractivity contribution in [3.63, 3.8) is 0 Å². The SMILES string of the molecule is Cc1cc(O[Si](C)(C)C)n(-c2ccc(S(=O)(=O)O[Si](C)(C)C)cc2)n1. The van der Waals surface area contributed by atoms with Crippen LogP contribution in [0, 0.1) is 6.92 Å². The molecule has 0 unspecified atom stereocenters. The molecule has 2 aromatic rings. The van der Waals surface area contributed by atoms with Gasteiger partial charge in [-0.1, -0.05) is 0 Å². The molecule has 0 amide bonds. The van der Waals surface area contributed by atoms with Crippen molar-refractivity contribution in [2.75, 3.05) is 0 Å². The van der Waals surface area contributed by atoms with Crippen LogP contribution in [0.3, 0.4) is 0 Å². The van der Waals surface area contributed by atoms with E-state index in [9.17, 15) is 8.42 Å². The Morgan fingerprint density at radius 1 is 0.960 bits per heavy atom. The molecule has 0 atom stereocenters. The minimum atomic E-state index is -3.74. The number of rotatable bonds is 6. The second kappa shape index (κ2) is 6.71. The van der Waals surface area contributed by atoms with Crippen LogP contribution in [0.15, 0.2) is 35.2 Å². The molecule has 0 aliphatic heterocycles. The van der Waals surface area contributed by atoms with Crippen LogP contribution in [0.4, 0.5) is 0 Å². The summed E-state index contributed by atoms with van der Waals surface area (Å²) in [6.45, 7) is 13.7. The predicted octanol–water partition coefficient (Wildman–Crippen LogP) is 3.93. The van der Waals surface area contributed by atoms with Crippen molar-refractivity contribution in [1.82, 2.24) is 9.78 Å². The highest BCUT2D eigenvalue weighted by Gasteiger charge is 2.26. The largest absolute Gasteiger partial charge is 0.531 e. The first-order valence-corrected chi connectivity index (χ1v) is 16.3. The van der Waals surface area contributed by atoms with Gasteiger partial charge in [0.1, 0.15) is 0 Å². The van der Waals surface area contributed by atoms with E-state index < -0.39 is 26.8 Å². The number of hydrogen-bond acceptors (Lipinski definition) is 5. The minimum absolute atomic E-state index is 0.148. The molecule has 0 saturated heterocycles. The lowest BCUT2D eigenvalue weighted by Gasteiger charge is -2.20. The van der Waals surface area contributed by atoms with Crippen LogP contribution in [0.25, 0.3) is 5.69 Å².